The number of rotatable bonds is 5. The fourth-order valence-electron chi connectivity index (χ4n) is 2.38. The molecular formula is C21H18N2O2. The zero-order chi connectivity index (χ0) is 17.6. The van der Waals surface area contributed by atoms with Crippen molar-refractivity contribution in [2.45, 2.75) is 0 Å². The van der Waals surface area contributed by atoms with Gasteiger partial charge in [0.05, 0.1) is 5.70 Å². The molecule has 0 aliphatic rings. The Morgan fingerprint density at radius 3 is 1.92 bits per heavy atom. The number of carbonyl (C=O) groups is 1. The van der Waals surface area contributed by atoms with Gasteiger partial charge in [0.2, 0.25) is 0 Å². The van der Waals surface area contributed by atoms with Crippen LogP contribution in [-0.2, 0) is 0 Å². The zero-order valence-electron chi connectivity index (χ0n) is 13.6. The van der Waals surface area contributed by atoms with Crippen LogP contribution in [-0.4, -0.2) is 11.0 Å². The van der Waals surface area contributed by atoms with Crippen molar-refractivity contribution in [3.63, 3.8) is 0 Å². The first-order valence-electron chi connectivity index (χ1n) is 7.83. The first-order chi connectivity index (χ1) is 12.1. The molecule has 0 aliphatic carbocycles. The van der Waals surface area contributed by atoms with Gasteiger partial charge in [-0.3, -0.25) is 15.6 Å². The minimum Gasteiger partial charge on any atom is -0.508 e. The van der Waals surface area contributed by atoms with Gasteiger partial charge in [-0.25, -0.2) is 0 Å². The lowest BCUT2D eigenvalue weighted by Gasteiger charge is -2.12. The Kier molecular flexibility index (Phi) is 4.81. The number of nitrogens with one attached hydrogen (secondary N) is 2. The number of hydrogen-bond acceptors (Lipinski definition) is 3. The van der Waals surface area contributed by atoms with Gasteiger partial charge in [-0.15, -0.1) is 0 Å². The average Bonchev–Trinajstić information content (AvgIpc) is 2.67. The highest BCUT2D eigenvalue weighted by Gasteiger charge is 2.06. The summed E-state index contributed by atoms with van der Waals surface area (Å²) in [5.41, 5.74) is 9.58. The first kappa shape index (κ1) is 16.3. The predicted molar refractivity (Wildman–Crippen MR) is 99.6 cm³/mol. The minimum atomic E-state index is -0.304. The van der Waals surface area contributed by atoms with Gasteiger partial charge >= 0.3 is 0 Å². The van der Waals surface area contributed by atoms with Crippen molar-refractivity contribution in [2.75, 3.05) is 0 Å². The molecule has 0 fully saturated rings. The van der Waals surface area contributed by atoms with Crippen molar-refractivity contribution in [3.8, 4) is 16.9 Å². The van der Waals surface area contributed by atoms with Gasteiger partial charge in [0.25, 0.3) is 5.91 Å². The van der Waals surface area contributed by atoms with Crippen LogP contribution in [0.25, 0.3) is 16.8 Å². The zero-order valence-corrected chi connectivity index (χ0v) is 13.6. The van der Waals surface area contributed by atoms with Crippen molar-refractivity contribution in [2.24, 2.45) is 0 Å². The smallest absolute Gasteiger partial charge is 0.269 e. The maximum Gasteiger partial charge on any atom is 0.269 e. The highest BCUT2D eigenvalue weighted by molar-refractivity contribution is 5.94. The standard InChI is InChI=1S/C21H18N2O2/c1-15(22-23-21(25)19-11-13-20(24)14-12-19)16-7-9-18(10-8-16)17-5-3-2-4-6-17/h2-14,22,24H,1H2,(H,23,25). The molecule has 4 nitrogen and oxygen atoms in total. The molecule has 4 heteroatoms. The Morgan fingerprint density at radius 1 is 0.720 bits per heavy atom. The molecule has 3 N–H and O–H groups in total. The van der Waals surface area contributed by atoms with Crippen LogP contribution in [0.4, 0.5) is 0 Å². The van der Waals surface area contributed by atoms with Crippen molar-refractivity contribution in [1.29, 1.82) is 0 Å². The van der Waals surface area contributed by atoms with Crippen LogP contribution in [0.15, 0.2) is 85.4 Å². The van der Waals surface area contributed by atoms with E-state index in [-0.39, 0.29) is 11.7 Å². The second-order valence-electron chi connectivity index (χ2n) is 5.55. The largest absolute Gasteiger partial charge is 0.508 e. The van der Waals surface area contributed by atoms with Gasteiger partial charge in [-0.2, -0.15) is 0 Å². The SMILES string of the molecule is C=C(NNC(=O)c1ccc(O)cc1)c1ccc(-c2ccccc2)cc1. The van der Waals surface area contributed by atoms with Gasteiger partial charge in [0.1, 0.15) is 5.75 Å². The van der Waals surface area contributed by atoms with Crippen LogP contribution in [0.3, 0.4) is 0 Å². The summed E-state index contributed by atoms with van der Waals surface area (Å²) in [7, 11) is 0. The first-order valence-corrected chi connectivity index (χ1v) is 7.83. The Hall–Kier alpha value is -3.53. The van der Waals surface area contributed by atoms with E-state index >= 15 is 0 Å². The van der Waals surface area contributed by atoms with Crippen LogP contribution >= 0.6 is 0 Å². The van der Waals surface area contributed by atoms with E-state index in [0.717, 1.165) is 16.7 Å². The number of hydrazine groups is 1. The highest BCUT2D eigenvalue weighted by atomic mass is 16.3. The van der Waals surface area contributed by atoms with Crippen molar-refractivity contribution >= 4 is 11.6 Å². The second kappa shape index (κ2) is 7.36. The van der Waals surface area contributed by atoms with Crippen LogP contribution < -0.4 is 10.9 Å². The summed E-state index contributed by atoms with van der Waals surface area (Å²) in [5.74, 6) is -0.186. The summed E-state index contributed by atoms with van der Waals surface area (Å²) >= 11 is 0. The highest BCUT2D eigenvalue weighted by Crippen LogP contribution is 2.20. The number of amides is 1. The molecule has 0 bridgehead atoms. The van der Waals surface area contributed by atoms with Crippen LogP contribution in [0.1, 0.15) is 15.9 Å². The molecule has 0 aromatic heterocycles. The molecule has 0 heterocycles. The van der Waals surface area contributed by atoms with E-state index in [1.165, 1.54) is 12.1 Å². The number of aromatic hydroxyl groups is 1. The fraction of sp³-hybridized carbons (Fsp3) is 0. The summed E-state index contributed by atoms with van der Waals surface area (Å²) in [6.07, 6.45) is 0. The van der Waals surface area contributed by atoms with Gasteiger partial charge < -0.3 is 5.11 Å². The molecule has 0 spiro atoms. The molecule has 1 amide bonds. The predicted octanol–water partition coefficient (Wildman–Crippen LogP) is 3.96. The Morgan fingerprint density at radius 2 is 1.28 bits per heavy atom. The Labute approximate surface area is 146 Å². The third-order valence-corrected chi connectivity index (χ3v) is 3.80. The monoisotopic (exact) mass is 330 g/mol. The van der Waals surface area contributed by atoms with E-state index in [1.54, 1.807) is 12.1 Å². The van der Waals surface area contributed by atoms with E-state index in [2.05, 4.69) is 29.6 Å². The minimum absolute atomic E-state index is 0.118. The molecular weight excluding hydrogens is 312 g/mol. The number of hydrogen-bond donors (Lipinski definition) is 3. The van der Waals surface area contributed by atoms with Gasteiger partial charge in [-0.05, 0) is 41.0 Å². The Bertz CT molecular complexity index is 870. The molecule has 0 saturated heterocycles. The van der Waals surface area contributed by atoms with E-state index in [4.69, 9.17) is 0 Å². The lowest BCUT2D eigenvalue weighted by molar-refractivity contribution is 0.0942. The maximum atomic E-state index is 12.0. The summed E-state index contributed by atoms with van der Waals surface area (Å²) in [6, 6.07) is 24.0. The van der Waals surface area contributed by atoms with Crippen LogP contribution in [0.5, 0.6) is 5.75 Å². The second-order valence-corrected chi connectivity index (χ2v) is 5.55. The molecule has 3 aromatic rings. The van der Waals surface area contributed by atoms with Crippen LogP contribution in [0, 0.1) is 0 Å². The molecule has 0 aliphatic heterocycles. The molecule has 0 radical (unpaired) electrons. The molecule has 0 saturated carbocycles. The van der Waals surface area contributed by atoms with Gasteiger partial charge in [0.15, 0.2) is 0 Å². The molecule has 3 rings (SSSR count). The van der Waals surface area contributed by atoms with Crippen molar-refractivity contribution in [1.82, 2.24) is 10.9 Å². The Balaban J connectivity index is 1.61. The normalized spacial score (nSPS) is 10.1. The lowest BCUT2D eigenvalue weighted by atomic mass is 10.0. The molecule has 3 aromatic carbocycles. The number of carbonyl (C=O) groups excluding carboxylic acids is 1. The number of phenols is 1. The van der Waals surface area contributed by atoms with E-state index in [1.807, 2.05) is 42.5 Å². The maximum absolute atomic E-state index is 12.0. The van der Waals surface area contributed by atoms with Crippen molar-refractivity contribution < 1.29 is 9.90 Å². The van der Waals surface area contributed by atoms with E-state index in [0.29, 0.717) is 11.3 Å². The average molecular weight is 330 g/mol. The van der Waals surface area contributed by atoms with Gasteiger partial charge in [0, 0.05) is 5.56 Å². The summed E-state index contributed by atoms with van der Waals surface area (Å²) in [6.45, 7) is 3.94. The molecule has 25 heavy (non-hydrogen) atoms. The van der Waals surface area contributed by atoms with Gasteiger partial charge in [-0.1, -0.05) is 61.2 Å². The molecule has 0 atom stereocenters. The number of phenolic OH excluding ortho intramolecular Hbond substituents is 1. The third-order valence-electron chi connectivity index (χ3n) is 3.80. The van der Waals surface area contributed by atoms with E-state index < -0.39 is 0 Å². The summed E-state index contributed by atoms with van der Waals surface area (Å²) < 4.78 is 0. The summed E-state index contributed by atoms with van der Waals surface area (Å²) in [4.78, 5) is 12.0. The third kappa shape index (κ3) is 4.06. The van der Waals surface area contributed by atoms with Crippen molar-refractivity contribution in [3.05, 3.63) is 96.6 Å². The quantitative estimate of drug-likeness (QED) is 0.621. The van der Waals surface area contributed by atoms with E-state index in [9.17, 15) is 9.90 Å². The molecule has 0 unspecified atom stereocenters. The summed E-state index contributed by atoms with van der Waals surface area (Å²) in [5, 5.41) is 9.25. The lowest BCUT2D eigenvalue weighted by Crippen LogP contribution is -2.35. The van der Waals surface area contributed by atoms with Crippen LogP contribution in [0.2, 0.25) is 0 Å². The molecule has 124 valence electrons. The fourth-order valence-corrected chi connectivity index (χ4v) is 2.38. The topological polar surface area (TPSA) is 61.4 Å². The number of benzene rings is 3.